The molecule has 7 heteroatoms. The minimum atomic E-state index is -4.48. The Balaban J connectivity index is 2.25. The van der Waals surface area contributed by atoms with Gasteiger partial charge in [0.25, 0.3) is 0 Å². The average molecular weight is 329 g/mol. The minimum absolute atomic E-state index is 0.00964. The summed E-state index contributed by atoms with van der Waals surface area (Å²) in [7, 11) is 0. The van der Waals surface area contributed by atoms with Crippen molar-refractivity contribution in [1.82, 2.24) is 5.32 Å². The van der Waals surface area contributed by atoms with E-state index in [1.807, 2.05) is 0 Å². The van der Waals surface area contributed by atoms with Gasteiger partial charge in [-0.05, 0) is 48.9 Å². The highest BCUT2D eigenvalue weighted by Gasteiger charge is 2.35. The Morgan fingerprint density at radius 2 is 1.95 bits per heavy atom. The second-order valence-electron chi connectivity index (χ2n) is 5.35. The quantitative estimate of drug-likeness (QED) is 0.873. The summed E-state index contributed by atoms with van der Waals surface area (Å²) in [5, 5.41) is 13.0. The van der Waals surface area contributed by atoms with E-state index < -0.39 is 17.7 Å². The van der Waals surface area contributed by atoms with Crippen molar-refractivity contribution in [2.45, 2.75) is 24.9 Å². The summed E-state index contributed by atoms with van der Waals surface area (Å²) in [5.41, 5.74) is -0.183. The molecule has 0 radical (unpaired) electrons. The lowest BCUT2D eigenvalue weighted by atomic mass is 9.88. The molecule has 1 fully saturated rings. The summed E-state index contributed by atoms with van der Waals surface area (Å²) >= 11 is 0.739. The molecule has 3 nitrogen and oxygen atoms in total. The summed E-state index contributed by atoms with van der Waals surface area (Å²) in [6, 6.07) is 3.97. The van der Waals surface area contributed by atoms with Crippen LogP contribution in [0.1, 0.15) is 39.6 Å². The third-order valence-corrected chi connectivity index (χ3v) is 5.24. The molecule has 118 valence electrons. The molecule has 0 spiro atoms. The van der Waals surface area contributed by atoms with E-state index in [2.05, 4.69) is 5.32 Å². The predicted molar refractivity (Wildman–Crippen MR) is 78.6 cm³/mol. The highest BCUT2D eigenvalue weighted by atomic mass is 32.1. The van der Waals surface area contributed by atoms with E-state index >= 15 is 0 Å². The number of carboxylic acids is 1. The fourth-order valence-corrected chi connectivity index (χ4v) is 4.30. The molecule has 1 aromatic heterocycles. The van der Waals surface area contributed by atoms with E-state index in [1.54, 1.807) is 6.07 Å². The molecule has 0 saturated carbocycles. The first kappa shape index (κ1) is 15.3. The van der Waals surface area contributed by atoms with E-state index in [0.717, 1.165) is 43.3 Å². The summed E-state index contributed by atoms with van der Waals surface area (Å²) in [4.78, 5) is 11.5. The van der Waals surface area contributed by atoms with Crippen LogP contribution in [0.3, 0.4) is 0 Å². The van der Waals surface area contributed by atoms with Gasteiger partial charge in [-0.15, -0.1) is 11.3 Å². The lowest BCUT2D eigenvalue weighted by Gasteiger charge is -2.23. The number of alkyl halides is 3. The van der Waals surface area contributed by atoms with Crippen LogP contribution in [0.2, 0.25) is 0 Å². The number of carboxylic acid groups (broad SMARTS) is 1. The maximum absolute atomic E-state index is 13.2. The van der Waals surface area contributed by atoms with Crippen molar-refractivity contribution in [2.75, 3.05) is 13.1 Å². The Morgan fingerprint density at radius 3 is 2.55 bits per heavy atom. The van der Waals surface area contributed by atoms with E-state index in [9.17, 15) is 23.1 Å². The zero-order chi connectivity index (χ0) is 15.9. The average Bonchev–Trinajstić information content (AvgIpc) is 2.86. The molecule has 22 heavy (non-hydrogen) atoms. The van der Waals surface area contributed by atoms with Crippen LogP contribution < -0.4 is 5.32 Å². The van der Waals surface area contributed by atoms with Gasteiger partial charge in [0, 0.05) is 4.70 Å². The first-order valence-electron chi connectivity index (χ1n) is 6.96. The number of carbonyl (C=O) groups is 1. The molecule has 0 unspecified atom stereocenters. The second kappa shape index (κ2) is 5.55. The van der Waals surface area contributed by atoms with Gasteiger partial charge in [-0.2, -0.15) is 13.2 Å². The molecular formula is C15H14F3NO2S. The van der Waals surface area contributed by atoms with Crippen LogP contribution in [-0.4, -0.2) is 24.2 Å². The molecule has 1 saturated heterocycles. The van der Waals surface area contributed by atoms with Gasteiger partial charge in [-0.25, -0.2) is 4.79 Å². The molecule has 1 aromatic carbocycles. The normalized spacial score (nSPS) is 17.0. The smallest absolute Gasteiger partial charge is 0.417 e. The monoisotopic (exact) mass is 329 g/mol. The number of rotatable bonds is 2. The Bertz CT molecular complexity index is 717. The molecule has 1 aliphatic rings. The SMILES string of the molecule is O=C(O)c1sc2c(C(F)(F)F)cccc2c1C1CCNCC1. The van der Waals surface area contributed by atoms with Crippen molar-refractivity contribution in [3.8, 4) is 0 Å². The van der Waals surface area contributed by atoms with Crippen molar-refractivity contribution in [3.63, 3.8) is 0 Å². The molecule has 2 N–H and O–H groups in total. The van der Waals surface area contributed by atoms with Gasteiger partial charge in [0.05, 0.1) is 5.56 Å². The van der Waals surface area contributed by atoms with Gasteiger partial charge >= 0.3 is 12.1 Å². The van der Waals surface area contributed by atoms with Gasteiger partial charge < -0.3 is 10.4 Å². The van der Waals surface area contributed by atoms with Crippen LogP contribution in [0.15, 0.2) is 18.2 Å². The van der Waals surface area contributed by atoms with Crippen LogP contribution in [-0.2, 0) is 6.18 Å². The third kappa shape index (κ3) is 2.59. The zero-order valence-electron chi connectivity index (χ0n) is 11.5. The van der Waals surface area contributed by atoms with Crippen molar-refractivity contribution in [3.05, 3.63) is 34.2 Å². The highest BCUT2D eigenvalue weighted by Crippen LogP contribution is 2.44. The van der Waals surface area contributed by atoms with Crippen LogP contribution in [0.5, 0.6) is 0 Å². The zero-order valence-corrected chi connectivity index (χ0v) is 12.4. The number of halogens is 3. The van der Waals surface area contributed by atoms with Gasteiger partial charge in [-0.3, -0.25) is 0 Å². The maximum Gasteiger partial charge on any atom is 0.417 e. The van der Waals surface area contributed by atoms with Crippen molar-refractivity contribution < 1.29 is 23.1 Å². The highest BCUT2D eigenvalue weighted by molar-refractivity contribution is 7.21. The number of nitrogens with one attached hydrogen (secondary N) is 1. The van der Waals surface area contributed by atoms with E-state index in [-0.39, 0.29) is 15.5 Å². The molecular weight excluding hydrogens is 315 g/mol. The topological polar surface area (TPSA) is 49.3 Å². The maximum atomic E-state index is 13.2. The van der Waals surface area contributed by atoms with E-state index in [0.29, 0.717) is 10.9 Å². The van der Waals surface area contributed by atoms with Crippen LogP contribution in [0.4, 0.5) is 13.2 Å². The fraction of sp³-hybridized carbons (Fsp3) is 0.400. The molecule has 2 heterocycles. The van der Waals surface area contributed by atoms with Gasteiger partial charge in [-0.1, -0.05) is 12.1 Å². The molecule has 0 atom stereocenters. The number of piperidine rings is 1. The van der Waals surface area contributed by atoms with E-state index in [1.165, 1.54) is 6.07 Å². The Hall–Kier alpha value is -1.60. The number of hydrogen-bond acceptors (Lipinski definition) is 3. The molecule has 0 bridgehead atoms. The number of fused-ring (bicyclic) bond motifs is 1. The minimum Gasteiger partial charge on any atom is -0.477 e. The van der Waals surface area contributed by atoms with Crippen LogP contribution in [0, 0.1) is 0 Å². The molecule has 3 rings (SSSR count). The van der Waals surface area contributed by atoms with Crippen molar-refractivity contribution in [2.24, 2.45) is 0 Å². The Morgan fingerprint density at radius 1 is 1.27 bits per heavy atom. The summed E-state index contributed by atoms with van der Waals surface area (Å²) in [6.07, 6.45) is -3.00. The summed E-state index contributed by atoms with van der Waals surface area (Å²) in [5.74, 6) is -1.16. The summed E-state index contributed by atoms with van der Waals surface area (Å²) < 4.78 is 39.5. The predicted octanol–water partition coefficient (Wildman–Crippen LogP) is 4.09. The molecule has 0 aliphatic carbocycles. The first-order chi connectivity index (χ1) is 10.4. The number of hydrogen-bond donors (Lipinski definition) is 2. The Kier molecular flexibility index (Phi) is 3.86. The van der Waals surface area contributed by atoms with Crippen molar-refractivity contribution >= 4 is 27.4 Å². The lowest BCUT2D eigenvalue weighted by molar-refractivity contribution is -0.136. The Labute approximate surface area is 128 Å². The number of aromatic carboxylic acids is 1. The van der Waals surface area contributed by atoms with Gasteiger partial charge in [0.1, 0.15) is 4.88 Å². The second-order valence-corrected chi connectivity index (χ2v) is 6.37. The van der Waals surface area contributed by atoms with Crippen LogP contribution in [0.25, 0.3) is 10.1 Å². The number of benzene rings is 1. The first-order valence-corrected chi connectivity index (χ1v) is 7.78. The number of thiophene rings is 1. The van der Waals surface area contributed by atoms with Crippen LogP contribution >= 0.6 is 11.3 Å². The molecule has 2 aromatic rings. The standard InChI is InChI=1S/C15H14F3NO2S/c16-15(17,18)10-3-1-2-9-11(8-4-6-19-7-5-8)13(14(20)21)22-12(9)10/h1-3,8,19H,4-7H2,(H,20,21). The molecule has 1 aliphatic heterocycles. The fourth-order valence-electron chi connectivity index (χ4n) is 3.04. The lowest BCUT2D eigenvalue weighted by Crippen LogP contribution is -2.27. The van der Waals surface area contributed by atoms with Crippen molar-refractivity contribution in [1.29, 1.82) is 0 Å². The summed E-state index contributed by atoms with van der Waals surface area (Å²) in [6.45, 7) is 1.50. The van der Waals surface area contributed by atoms with E-state index in [4.69, 9.17) is 0 Å². The largest absolute Gasteiger partial charge is 0.477 e. The van der Waals surface area contributed by atoms with Gasteiger partial charge in [0.15, 0.2) is 0 Å². The van der Waals surface area contributed by atoms with Gasteiger partial charge in [0.2, 0.25) is 0 Å². The molecule has 0 amide bonds. The third-order valence-electron chi connectivity index (χ3n) is 4.00.